The van der Waals surface area contributed by atoms with Crippen molar-refractivity contribution in [3.8, 4) is 0 Å². The largest absolute Gasteiger partial charge is 0.356 e. The van der Waals surface area contributed by atoms with E-state index < -0.39 is 0 Å². The molecule has 0 aliphatic heterocycles. The lowest BCUT2D eigenvalue weighted by atomic mass is 9.89. The molecule has 1 aliphatic carbocycles. The van der Waals surface area contributed by atoms with Crippen LogP contribution in [0.4, 0.5) is 0 Å². The molecule has 140 valence electrons. The van der Waals surface area contributed by atoms with Crippen LogP contribution < -0.4 is 10.6 Å². The van der Waals surface area contributed by atoms with E-state index in [1.54, 1.807) is 0 Å². The fraction of sp³-hybridized carbons (Fsp3) is 0.550. The summed E-state index contributed by atoms with van der Waals surface area (Å²) in [6.07, 6.45) is 6.70. The molecule has 0 spiro atoms. The molecule has 0 bridgehead atoms. The quantitative estimate of drug-likeness (QED) is 0.835. The van der Waals surface area contributed by atoms with E-state index in [2.05, 4.69) is 21.8 Å². The van der Waals surface area contributed by atoms with E-state index in [0.717, 1.165) is 29.3 Å². The van der Waals surface area contributed by atoms with E-state index in [1.807, 2.05) is 37.0 Å². The summed E-state index contributed by atoms with van der Waals surface area (Å²) in [6, 6.07) is 6.11. The van der Waals surface area contributed by atoms with Crippen LogP contribution in [0, 0.1) is 11.8 Å². The molecule has 1 aromatic heterocycles. The number of rotatable bonds is 6. The molecule has 1 aromatic carbocycles. The number of aromatic nitrogens is 2. The number of fused-ring (bicyclic) bond motifs is 1. The third kappa shape index (κ3) is 4.06. The highest BCUT2D eigenvalue weighted by Gasteiger charge is 2.30. The minimum atomic E-state index is -0.268. The molecule has 6 heteroatoms. The van der Waals surface area contributed by atoms with Crippen LogP contribution in [0.2, 0.25) is 0 Å². The van der Waals surface area contributed by atoms with E-state index >= 15 is 0 Å². The van der Waals surface area contributed by atoms with E-state index in [-0.39, 0.29) is 23.8 Å². The van der Waals surface area contributed by atoms with Gasteiger partial charge in [0.25, 0.3) is 0 Å². The lowest BCUT2D eigenvalue weighted by Crippen LogP contribution is -2.40. The van der Waals surface area contributed by atoms with Gasteiger partial charge < -0.3 is 10.6 Å². The molecule has 2 N–H and O–H groups in total. The number of hydrogen-bond donors (Lipinski definition) is 2. The van der Waals surface area contributed by atoms with E-state index in [1.165, 1.54) is 19.8 Å². The van der Waals surface area contributed by atoms with E-state index in [0.29, 0.717) is 12.5 Å². The van der Waals surface area contributed by atoms with E-state index in [9.17, 15) is 9.59 Å². The number of hydrogen-bond acceptors (Lipinski definition) is 3. The van der Waals surface area contributed by atoms with Crippen molar-refractivity contribution >= 4 is 22.7 Å². The summed E-state index contributed by atoms with van der Waals surface area (Å²) in [5.74, 6) is 0.0438. The van der Waals surface area contributed by atoms with Crippen LogP contribution in [-0.4, -0.2) is 28.1 Å². The average molecular weight is 356 g/mol. The number of nitrogens with one attached hydrogen (secondary N) is 2. The third-order valence-corrected chi connectivity index (χ3v) is 5.31. The number of amides is 2. The van der Waals surface area contributed by atoms with E-state index in [4.69, 9.17) is 0 Å². The van der Waals surface area contributed by atoms with Crippen LogP contribution in [0.15, 0.2) is 24.4 Å². The molecule has 2 atom stereocenters. The molecule has 0 radical (unpaired) electrons. The zero-order valence-corrected chi connectivity index (χ0v) is 15.8. The lowest BCUT2D eigenvalue weighted by Gasteiger charge is -2.27. The Kier molecular flexibility index (Phi) is 5.59. The van der Waals surface area contributed by atoms with Crippen molar-refractivity contribution in [3.05, 3.63) is 30.0 Å². The maximum Gasteiger partial charge on any atom is 0.225 e. The third-order valence-electron chi connectivity index (χ3n) is 5.31. The first-order valence-corrected chi connectivity index (χ1v) is 9.42. The topological polar surface area (TPSA) is 76.0 Å². The van der Waals surface area contributed by atoms with Gasteiger partial charge in [-0.05, 0) is 30.4 Å². The molecule has 0 unspecified atom stereocenters. The Bertz CT molecular complexity index is 792. The second-order valence-corrected chi connectivity index (χ2v) is 7.45. The van der Waals surface area contributed by atoms with Crippen molar-refractivity contribution in [3.63, 3.8) is 0 Å². The van der Waals surface area contributed by atoms with Crippen molar-refractivity contribution in [1.82, 2.24) is 20.4 Å². The molecule has 26 heavy (non-hydrogen) atoms. The second kappa shape index (κ2) is 7.89. The van der Waals surface area contributed by atoms with Gasteiger partial charge in [0.2, 0.25) is 11.8 Å². The highest BCUT2D eigenvalue weighted by atomic mass is 16.2. The fourth-order valence-electron chi connectivity index (χ4n) is 3.88. The zero-order chi connectivity index (χ0) is 18.7. The Balaban J connectivity index is 1.85. The van der Waals surface area contributed by atoms with Crippen molar-refractivity contribution in [1.29, 1.82) is 0 Å². The van der Waals surface area contributed by atoms with Gasteiger partial charge in [-0.25, -0.2) is 0 Å². The zero-order valence-electron chi connectivity index (χ0n) is 15.8. The maximum atomic E-state index is 12.8. The smallest absolute Gasteiger partial charge is 0.225 e. The summed E-state index contributed by atoms with van der Waals surface area (Å²) in [4.78, 5) is 23.9. The molecule has 1 fully saturated rings. The molecule has 3 rings (SSSR count). The van der Waals surface area contributed by atoms with Crippen LogP contribution in [0.5, 0.6) is 0 Å². The molecule has 1 heterocycles. The average Bonchev–Trinajstić information content (AvgIpc) is 3.25. The van der Waals surface area contributed by atoms with Gasteiger partial charge in [-0.15, -0.1) is 0 Å². The molecule has 1 aliphatic rings. The Morgan fingerprint density at radius 3 is 2.73 bits per heavy atom. The number of carbonyl (C=O) groups excluding carboxylic acids is 2. The van der Waals surface area contributed by atoms with Gasteiger partial charge in [0.05, 0.1) is 17.5 Å². The first-order valence-electron chi connectivity index (χ1n) is 9.42. The van der Waals surface area contributed by atoms with Crippen molar-refractivity contribution in [2.45, 2.75) is 45.6 Å². The van der Waals surface area contributed by atoms with Crippen LogP contribution in [0.25, 0.3) is 10.9 Å². The summed E-state index contributed by atoms with van der Waals surface area (Å²) >= 11 is 0. The summed E-state index contributed by atoms with van der Waals surface area (Å²) in [6.45, 7) is 3.67. The molecule has 2 amide bonds. The number of benzene rings is 1. The minimum absolute atomic E-state index is 0.0160. The summed E-state index contributed by atoms with van der Waals surface area (Å²) in [5.41, 5.74) is 2.09. The molecule has 2 aromatic rings. The van der Waals surface area contributed by atoms with Crippen molar-refractivity contribution in [2.24, 2.45) is 18.9 Å². The lowest BCUT2D eigenvalue weighted by molar-refractivity contribution is -0.126. The van der Waals surface area contributed by atoms with Gasteiger partial charge in [0, 0.05) is 32.1 Å². The molecular weight excluding hydrogens is 328 g/mol. The van der Waals surface area contributed by atoms with Gasteiger partial charge >= 0.3 is 0 Å². The van der Waals surface area contributed by atoms with Crippen molar-refractivity contribution in [2.75, 3.05) is 6.54 Å². The molecule has 6 nitrogen and oxygen atoms in total. The normalized spacial score (nSPS) is 17.2. The van der Waals surface area contributed by atoms with Crippen molar-refractivity contribution < 1.29 is 9.59 Å². The van der Waals surface area contributed by atoms with Crippen LogP contribution in [0.3, 0.4) is 0 Å². The standard InChI is InChI=1S/C20H28N4O2/c1-13(11-21-14(2)25)20(26)22-19(15-7-4-5-8-15)16-9-6-10-18-17(16)12-24(3)23-18/h6,9-10,12-13,15,19H,4-5,7-8,11H2,1-3H3,(H,21,25)(H,22,26)/t13-,19-/m1/s1. The van der Waals surface area contributed by atoms with Gasteiger partial charge in [-0.3, -0.25) is 14.3 Å². The van der Waals surface area contributed by atoms with Gasteiger partial charge in [-0.1, -0.05) is 31.9 Å². The van der Waals surface area contributed by atoms with Crippen LogP contribution in [0.1, 0.15) is 51.1 Å². The SMILES string of the molecule is CC(=O)NC[C@@H](C)C(=O)N[C@@H](c1cccc2nn(C)cc12)C1CCCC1. The summed E-state index contributed by atoms with van der Waals surface area (Å²) < 4.78 is 1.82. The Hall–Kier alpha value is -2.37. The Morgan fingerprint density at radius 2 is 2.04 bits per heavy atom. The monoisotopic (exact) mass is 356 g/mol. The highest BCUT2D eigenvalue weighted by Crippen LogP contribution is 2.38. The number of nitrogens with zero attached hydrogens (tertiary/aromatic N) is 2. The second-order valence-electron chi connectivity index (χ2n) is 7.45. The Morgan fingerprint density at radius 1 is 1.31 bits per heavy atom. The minimum Gasteiger partial charge on any atom is -0.356 e. The molecule has 0 saturated heterocycles. The fourth-order valence-corrected chi connectivity index (χ4v) is 3.88. The number of carbonyl (C=O) groups is 2. The first-order chi connectivity index (χ1) is 12.5. The first kappa shape index (κ1) is 18.4. The Labute approximate surface area is 154 Å². The summed E-state index contributed by atoms with van der Waals surface area (Å²) in [5, 5.41) is 11.6. The maximum absolute atomic E-state index is 12.8. The number of aryl methyl sites for hydroxylation is 1. The van der Waals surface area contributed by atoms with Gasteiger partial charge in [0.15, 0.2) is 0 Å². The summed E-state index contributed by atoms with van der Waals surface area (Å²) in [7, 11) is 1.92. The van der Waals surface area contributed by atoms with Crippen LogP contribution in [-0.2, 0) is 16.6 Å². The molecule has 1 saturated carbocycles. The predicted octanol–water partition coefficient (Wildman–Crippen LogP) is 2.69. The predicted molar refractivity (Wildman–Crippen MR) is 101 cm³/mol. The van der Waals surface area contributed by atoms with Gasteiger partial charge in [0.1, 0.15) is 0 Å². The van der Waals surface area contributed by atoms with Crippen LogP contribution >= 0.6 is 0 Å². The van der Waals surface area contributed by atoms with Gasteiger partial charge in [-0.2, -0.15) is 5.10 Å². The molecular formula is C20H28N4O2. The highest BCUT2D eigenvalue weighted by molar-refractivity contribution is 5.84.